The zero-order chi connectivity index (χ0) is 53.7. The van der Waals surface area contributed by atoms with Gasteiger partial charge >= 0.3 is 5.97 Å². The molecule has 3 N–H and O–H groups in total. The van der Waals surface area contributed by atoms with E-state index in [1.807, 2.05) is 58.1 Å². The molecule has 0 aromatic heterocycles. The largest absolute Gasteiger partial charge is 0.460 e. The average Bonchev–Trinajstić information content (AvgIpc) is 3.35. The minimum Gasteiger partial charge on any atom is -0.460 e. The lowest BCUT2D eigenvalue weighted by molar-refractivity contribution is -0.265. The molecule has 1 amide bonds. The van der Waals surface area contributed by atoms with Gasteiger partial charge in [-0.2, -0.15) is 0 Å². The van der Waals surface area contributed by atoms with Crippen molar-refractivity contribution >= 4 is 29.2 Å². The first-order valence-electron chi connectivity index (χ1n) is 26.3. The van der Waals surface area contributed by atoms with Gasteiger partial charge in [0, 0.05) is 65.4 Å². The Balaban J connectivity index is 0.00000260. The van der Waals surface area contributed by atoms with Gasteiger partial charge in [0.2, 0.25) is 5.79 Å². The van der Waals surface area contributed by atoms with E-state index >= 15 is 0 Å². The summed E-state index contributed by atoms with van der Waals surface area (Å²) < 4.78 is 34.3. The highest BCUT2D eigenvalue weighted by molar-refractivity contribution is 6.39. The number of Topliss-reactive ketones (excluding diaryl/α,β-unsaturated/α-hetero) is 3. The van der Waals surface area contributed by atoms with Crippen molar-refractivity contribution in [2.45, 2.75) is 188 Å². The number of nitrogens with zero attached hydrogens (tertiary/aromatic N) is 1. The van der Waals surface area contributed by atoms with Crippen LogP contribution in [0, 0.1) is 53.5 Å². The zero-order valence-electron chi connectivity index (χ0n) is 45.4. The molecular weight excluding hydrogens is 923 g/mol. The Labute approximate surface area is 430 Å². The van der Waals surface area contributed by atoms with Crippen molar-refractivity contribution in [2.75, 3.05) is 41.1 Å². The van der Waals surface area contributed by atoms with Gasteiger partial charge in [0.25, 0.3) is 11.7 Å². The van der Waals surface area contributed by atoms with E-state index in [0.29, 0.717) is 56.6 Å². The van der Waals surface area contributed by atoms with Crippen LogP contribution in [0.4, 0.5) is 0 Å². The molecule has 15 heteroatoms. The number of rotatable bonds is 8. The van der Waals surface area contributed by atoms with Gasteiger partial charge in [-0.25, -0.2) is 4.79 Å². The molecule has 0 spiro atoms. The molecule has 3 heterocycles. The molecule has 0 aromatic carbocycles. The highest BCUT2D eigenvalue weighted by Crippen LogP contribution is 2.38. The first kappa shape index (κ1) is 62.3. The van der Waals surface area contributed by atoms with Crippen molar-refractivity contribution in [3.8, 4) is 12.0 Å². The van der Waals surface area contributed by atoms with Crippen LogP contribution in [-0.2, 0) is 52.4 Å². The van der Waals surface area contributed by atoms with E-state index in [2.05, 4.69) is 23.7 Å². The van der Waals surface area contributed by atoms with Crippen LogP contribution in [-0.4, -0.2) is 139 Å². The minimum absolute atomic E-state index is 0.0111. The number of allylic oxidation sites excluding steroid dienone is 6. The molecule has 3 fully saturated rings. The number of ketones is 3. The summed E-state index contributed by atoms with van der Waals surface area (Å²) in [5.74, 6) is -4.51. The Morgan fingerprint density at radius 3 is 2.25 bits per heavy atom. The van der Waals surface area contributed by atoms with Crippen LogP contribution in [0.25, 0.3) is 0 Å². The summed E-state index contributed by atoms with van der Waals surface area (Å²) in [6.07, 6.45) is 15.7. The monoisotopic (exact) mass is 1010 g/mol. The predicted molar refractivity (Wildman–Crippen MR) is 275 cm³/mol. The molecule has 0 aromatic rings. The lowest BCUT2D eigenvalue weighted by Gasteiger charge is -2.42. The van der Waals surface area contributed by atoms with E-state index in [0.717, 1.165) is 24.8 Å². The van der Waals surface area contributed by atoms with Crippen molar-refractivity contribution in [3.05, 3.63) is 47.6 Å². The fourth-order valence-electron chi connectivity index (χ4n) is 10.4. The average molecular weight is 1010 g/mol. The summed E-state index contributed by atoms with van der Waals surface area (Å²) in [6.45, 7) is 17.2. The summed E-state index contributed by atoms with van der Waals surface area (Å²) in [5.41, 5.74) is 1.22. The van der Waals surface area contributed by atoms with Gasteiger partial charge in [0.15, 0.2) is 5.78 Å². The van der Waals surface area contributed by atoms with E-state index in [1.165, 1.54) is 12.0 Å². The van der Waals surface area contributed by atoms with Crippen LogP contribution < -0.4 is 0 Å². The molecule has 1 aliphatic carbocycles. The molecule has 4 rings (SSSR count). The first-order chi connectivity index (χ1) is 34.2. The van der Waals surface area contributed by atoms with Crippen molar-refractivity contribution < 1.29 is 67.7 Å². The second-order valence-electron chi connectivity index (χ2n) is 21.0. The van der Waals surface area contributed by atoms with E-state index < -0.39 is 77.8 Å². The molecule has 15 atom stereocenters. The van der Waals surface area contributed by atoms with Gasteiger partial charge in [0.1, 0.15) is 42.3 Å². The summed E-state index contributed by atoms with van der Waals surface area (Å²) in [7, 11) is 4.66. The summed E-state index contributed by atoms with van der Waals surface area (Å²) in [4.78, 5) is 72.2. The Morgan fingerprint density at radius 1 is 0.889 bits per heavy atom. The normalized spacial score (nSPS) is 36.0. The highest BCUT2D eigenvalue weighted by Gasteiger charge is 2.53. The number of ether oxygens (including phenoxy) is 6. The summed E-state index contributed by atoms with van der Waals surface area (Å²) >= 11 is 0. The van der Waals surface area contributed by atoms with E-state index in [4.69, 9.17) is 28.8 Å². The van der Waals surface area contributed by atoms with Gasteiger partial charge < -0.3 is 48.6 Å². The quantitative estimate of drug-likeness (QED) is 0.0937. The maximum Gasteiger partial charge on any atom is 0.329 e. The van der Waals surface area contributed by atoms with Crippen LogP contribution in [0.15, 0.2) is 47.6 Å². The standard InChI is InChI=1S/C54H81NO12.C3H8O2/c1-12-26-65-46-31-42-24-22-40(9)54(62,67-42)51(59)52(60)55-25-17-16-20-43(55)53(61)66-47(37(6)29-41-23-21-35(4)45(30-41)63-10)32-44(56)36(5)28-39(8)49(58)50(64-11)48(57)38(7)27-33(2)18-14-13-15-19-34(46)3;1-5-3-2-4/h13-15,18-19,28,33,35-38,40-43,45-47,49-50,58,62H,16-17,20-25,27,29-32H2,1-11H3;4H,2-3H2,1H3/b15-13?,18-14+,34-19?,39-28+;/t33?,35?,36?,37?,38-,40-,41?,42?,43+,45?,46?,47?,49?,50?,54?;/m1./s1. The topological polar surface area (TPSA) is 205 Å². The van der Waals surface area contributed by atoms with Crippen LogP contribution in [0.2, 0.25) is 0 Å². The molecule has 3 aliphatic heterocycles. The third kappa shape index (κ3) is 18.1. The van der Waals surface area contributed by atoms with E-state index in [9.17, 15) is 34.2 Å². The van der Waals surface area contributed by atoms with Crippen molar-refractivity contribution in [3.63, 3.8) is 0 Å². The molecule has 12 unspecified atom stereocenters. The van der Waals surface area contributed by atoms with Gasteiger partial charge in [-0.1, -0.05) is 83.9 Å². The number of piperidine rings is 1. The minimum atomic E-state index is -2.45. The van der Waals surface area contributed by atoms with Gasteiger partial charge in [0.05, 0.1) is 25.4 Å². The fraction of sp³-hybridized carbons (Fsp3) is 0.737. The Hall–Kier alpha value is -4.01. The molecule has 2 saturated heterocycles. The molecule has 4 aliphatic rings. The van der Waals surface area contributed by atoms with E-state index in [-0.39, 0.29) is 67.8 Å². The number of hydrogen-bond donors (Lipinski definition) is 3. The number of esters is 1. The third-order valence-electron chi connectivity index (χ3n) is 15.2. The van der Waals surface area contributed by atoms with Gasteiger partial charge in [-0.05, 0) is 113 Å². The van der Waals surface area contributed by atoms with E-state index in [1.54, 1.807) is 48.0 Å². The lowest BCUT2D eigenvalue weighted by Crippen LogP contribution is -2.61. The second kappa shape index (κ2) is 31.0. The number of amides is 1. The fourth-order valence-corrected chi connectivity index (χ4v) is 10.4. The number of hydrogen-bond acceptors (Lipinski definition) is 14. The smallest absolute Gasteiger partial charge is 0.329 e. The molecule has 0 radical (unpaired) electrons. The Bertz CT molecular complexity index is 1950. The SMILES string of the molecule is CC#COC1CC2CC[C@@H](C)C(O)(O2)C(=O)C(=O)N2CCCC[C@H]2C(=O)OC(C(C)CC2CCC(C)C(OC)C2)CC(=O)C(C)/C=C(\C)C(O)C(OC)C(=O)[C@H](C)CC(C)/C=C/C=CC=C1C.COCCO. The number of aliphatic hydroxyl groups is 3. The van der Waals surface area contributed by atoms with Crippen LogP contribution in [0.3, 0.4) is 0 Å². The number of carbonyl (C=O) groups is 5. The van der Waals surface area contributed by atoms with Crippen molar-refractivity contribution in [1.29, 1.82) is 0 Å². The number of fused-ring (bicyclic) bond motifs is 3. The molecule has 15 nitrogen and oxygen atoms in total. The Morgan fingerprint density at radius 2 is 1.61 bits per heavy atom. The van der Waals surface area contributed by atoms with Gasteiger partial charge in [-0.15, -0.1) is 0 Å². The number of cyclic esters (lactones) is 1. The zero-order valence-corrected chi connectivity index (χ0v) is 45.4. The first-order valence-corrected chi connectivity index (χ1v) is 26.3. The maximum absolute atomic E-state index is 14.4. The number of methoxy groups -OCH3 is 3. The molecule has 2 bridgehead atoms. The van der Waals surface area contributed by atoms with Crippen molar-refractivity contribution in [1.82, 2.24) is 4.90 Å². The predicted octanol–water partition coefficient (Wildman–Crippen LogP) is 7.43. The lowest BCUT2D eigenvalue weighted by atomic mass is 9.76. The molecular formula is C57H89NO14. The van der Waals surface area contributed by atoms with Crippen LogP contribution >= 0.6 is 0 Å². The van der Waals surface area contributed by atoms with Crippen LogP contribution in [0.5, 0.6) is 0 Å². The third-order valence-corrected chi connectivity index (χ3v) is 15.2. The molecule has 406 valence electrons. The van der Waals surface area contributed by atoms with Crippen molar-refractivity contribution in [2.24, 2.45) is 41.4 Å². The summed E-state index contributed by atoms with van der Waals surface area (Å²) in [6, 6.07) is -1.12. The molecule has 1 saturated carbocycles. The maximum atomic E-state index is 14.4. The van der Waals surface area contributed by atoms with Gasteiger partial charge in [-0.3, -0.25) is 19.2 Å². The summed E-state index contributed by atoms with van der Waals surface area (Å²) in [5, 5.41) is 31.4. The number of carbonyl (C=O) groups excluding carboxylic acids is 5. The Kier molecular flexibility index (Phi) is 26.8. The number of aliphatic hydroxyl groups excluding tert-OH is 2. The highest BCUT2D eigenvalue weighted by atomic mass is 16.6. The second-order valence-corrected chi connectivity index (χ2v) is 21.0. The van der Waals surface area contributed by atoms with Crippen LogP contribution in [0.1, 0.15) is 139 Å². The molecule has 72 heavy (non-hydrogen) atoms.